The topological polar surface area (TPSA) is 176 Å². The largest absolute Gasteiger partial charge is 0.480 e. The van der Waals surface area contributed by atoms with Crippen molar-refractivity contribution in [1.82, 2.24) is 10.6 Å². The maximum atomic E-state index is 12.5. The van der Waals surface area contributed by atoms with Crippen LogP contribution in [0.4, 0.5) is 0 Å². The number of nitrogens with one attached hydrogen (secondary N) is 2. The van der Waals surface area contributed by atoms with E-state index in [9.17, 15) is 24.0 Å². The Bertz CT molecular complexity index is 698. The molecule has 0 aromatic rings. The molecule has 0 spiro atoms. The molecule has 31 heavy (non-hydrogen) atoms. The molecule has 11 heteroatoms. The molecule has 1 fully saturated rings. The molecule has 1 aliphatic carbocycles. The van der Waals surface area contributed by atoms with Gasteiger partial charge >= 0.3 is 11.9 Å². The van der Waals surface area contributed by atoms with Crippen molar-refractivity contribution in [1.29, 1.82) is 0 Å². The number of nitrogens with two attached hydrogens (primary N) is 1. The van der Waals surface area contributed by atoms with Crippen molar-refractivity contribution in [2.45, 2.75) is 69.7 Å². The summed E-state index contributed by atoms with van der Waals surface area (Å²) in [4.78, 5) is 58.7. The first-order chi connectivity index (χ1) is 14.3. The highest BCUT2D eigenvalue weighted by Crippen LogP contribution is 2.40. The molecule has 2 amide bonds. The summed E-state index contributed by atoms with van der Waals surface area (Å²) in [5.74, 6) is -3.16. The quantitative estimate of drug-likeness (QED) is 0.276. The van der Waals surface area contributed by atoms with E-state index in [0.717, 1.165) is 12.8 Å². The van der Waals surface area contributed by atoms with Crippen LogP contribution in [0.1, 0.15) is 52.9 Å². The standard InChI is InChI=1S/C20H33N3O7S/c1-11-4-5-12(15(24)8-11)20(2,3)31-10-14(18(28)22-9-17(26)27)23-16(25)7-6-13(21)19(29)30/h11-14H,4-10,21H2,1-3H3,(H,22,28)(H,23,25)(H,26,27)(H,29,30). The van der Waals surface area contributed by atoms with Crippen LogP contribution in [0.25, 0.3) is 0 Å². The zero-order valence-electron chi connectivity index (χ0n) is 18.2. The summed E-state index contributed by atoms with van der Waals surface area (Å²) in [7, 11) is 0. The number of Topliss-reactive ketones (excluding diaryl/α,β-unsaturated/α-hetero) is 1. The molecule has 1 rings (SSSR count). The third-order valence-electron chi connectivity index (χ3n) is 5.41. The first-order valence-electron chi connectivity index (χ1n) is 10.3. The van der Waals surface area contributed by atoms with Crippen molar-refractivity contribution >= 4 is 41.3 Å². The SMILES string of the molecule is CC1CCC(C(C)(C)SCC(NC(=O)CCC(N)C(=O)O)C(=O)NCC(=O)O)C(=O)C1. The van der Waals surface area contributed by atoms with E-state index in [-0.39, 0.29) is 30.3 Å². The molecule has 1 saturated carbocycles. The molecule has 4 atom stereocenters. The first-order valence-corrected chi connectivity index (χ1v) is 11.3. The molecule has 10 nitrogen and oxygen atoms in total. The Morgan fingerprint density at radius 2 is 1.87 bits per heavy atom. The van der Waals surface area contributed by atoms with E-state index in [1.54, 1.807) is 0 Å². The van der Waals surface area contributed by atoms with Gasteiger partial charge in [-0.15, -0.1) is 0 Å². The number of amides is 2. The van der Waals surface area contributed by atoms with Gasteiger partial charge < -0.3 is 26.6 Å². The average molecular weight is 460 g/mol. The molecule has 1 aliphatic rings. The Labute approximate surface area is 186 Å². The predicted octanol–water partition coefficient (Wildman–Crippen LogP) is 0.381. The molecule has 6 N–H and O–H groups in total. The van der Waals surface area contributed by atoms with Gasteiger partial charge in [0.15, 0.2) is 0 Å². The number of hydrogen-bond donors (Lipinski definition) is 5. The molecule has 0 radical (unpaired) electrons. The second-order valence-corrected chi connectivity index (χ2v) is 10.2. The third-order valence-corrected chi connectivity index (χ3v) is 6.94. The molecule has 0 aromatic heterocycles. The second-order valence-electron chi connectivity index (χ2n) is 8.54. The van der Waals surface area contributed by atoms with Crippen molar-refractivity contribution in [3.63, 3.8) is 0 Å². The van der Waals surface area contributed by atoms with Gasteiger partial charge in [-0.1, -0.05) is 6.92 Å². The minimum atomic E-state index is -1.23. The minimum absolute atomic E-state index is 0.0992. The zero-order valence-corrected chi connectivity index (χ0v) is 19.0. The van der Waals surface area contributed by atoms with E-state index in [1.165, 1.54) is 11.8 Å². The fraction of sp³-hybridized carbons (Fsp3) is 0.750. The van der Waals surface area contributed by atoms with Crippen molar-refractivity contribution < 1.29 is 34.2 Å². The average Bonchev–Trinajstić information content (AvgIpc) is 2.66. The van der Waals surface area contributed by atoms with Crippen LogP contribution in [0.5, 0.6) is 0 Å². The molecular weight excluding hydrogens is 426 g/mol. The van der Waals surface area contributed by atoms with E-state index in [0.29, 0.717) is 12.3 Å². The second kappa shape index (κ2) is 12.0. The van der Waals surface area contributed by atoms with Crippen LogP contribution in [0.2, 0.25) is 0 Å². The Morgan fingerprint density at radius 3 is 2.42 bits per heavy atom. The summed E-state index contributed by atoms with van der Waals surface area (Å²) in [6.07, 6.45) is 1.94. The monoisotopic (exact) mass is 459 g/mol. The molecule has 0 heterocycles. The maximum Gasteiger partial charge on any atom is 0.322 e. The van der Waals surface area contributed by atoms with Crippen LogP contribution < -0.4 is 16.4 Å². The Balaban J connectivity index is 2.77. The van der Waals surface area contributed by atoms with Gasteiger partial charge in [0.25, 0.3) is 0 Å². The summed E-state index contributed by atoms with van der Waals surface area (Å²) in [6.45, 7) is 5.30. The Hall–Kier alpha value is -2.14. The van der Waals surface area contributed by atoms with Gasteiger partial charge in [0.05, 0.1) is 0 Å². The Kier molecular flexibility index (Phi) is 10.4. The number of ketones is 1. The van der Waals surface area contributed by atoms with Gasteiger partial charge in [-0.05, 0) is 39.0 Å². The predicted molar refractivity (Wildman–Crippen MR) is 115 cm³/mol. The van der Waals surface area contributed by atoms with Crippen LogP contribution in [0, 0.1) is 11.8 Å². The van der Waals surface area contributed by atoms with Crippen LogP contribution in [0.3, 0.4) is 0 Å². The van der Waals surface area contributed by atoms with E-state index < -0.39 is 47.1 Å². The normalized spacial score (nSPS) is 21.1. The van der Waals surface area contributed by atoms with Gasteiger partial charge in [-0.3, -0.25) is 24.0 Å². The molecule has 4 unspecified atom stereocenters. The van der Waals surface area contributed by atoms with E-state index in [2.05, 4.69) is 10.6 Å². The fourth-order valence-corrected chi connectivity index (χ4v) is 4.76. The number of aliphatic carboxylic acids is 2. The molecule has 176 valence electrons. The van der Waals surface area contributed by atoms with Gasteiger partial charge in [-0.2, -0.15) is 11.8 Å². The summed E-state index contributed by atoms with van der Waals surface area (Å²) in [6, 6.07) is -2.23. The number of carboxylic acid groups (broad SMARTS) is 2. The number of carboxylic acids is 2. The third kappa shape index (κ3) is 9.26. The molecule has 0 saturated heterocycles. The summed E-state index contributed by atoms with van der Waals surface area (Å²) < 4.78 is -0.473. The number of carbonyl (C=O) groups excluding carboxylic acids is 3. The van der Waals surface area contributed by atoms with Gasteiger partial charge in [0, 0.05) is 29.3 Å². The number of hydrogen-bond acceptors (Lipinski definition) is 7. The van der Waals surface area contributed by atoms with Gasteiger partial charge in [0.1, 0.15) is 24.4 Å². The molecule has 0 aromatic carbocycles. The van der Waals surface area contributed by atoms with Gasteiger partial charge in [0.2, 0.25) is 11.8 Å². The van der Waals surface area contributed by atoms with E-state index >= 15 is 0 Å². The van der Waals surface area contributed by atoms with Crippen molar-refractivity contribution in [3.05, 3.63) is 0 Å². The highest BCUT2D eigenvalue weighted by Gasteiger charge is 2.39. The smallest absolute Gasteiger partial charge is 0.322 e. The molecule has 0 aliphatic heterocycles. The van der Waals surface area contributed by atoms with E-state index in [1.807, 2.05) is 20.8 Å². The molecule has 0 bridgehead atoms. The lowest BCUT2D eigenvalue weighted by atomic mass is 9.76. The van der Waals surface area contributed by atoms with Crippen LogP contribution in [-0.2, 0) is 24.0 Å². The van der Waals surface area contributed by atoms with E-state index in [4.69, 9.17) is 15.9 Å². The highest BCUT2D eigenvalue weighted by molar-refractivity contribution is 8.00. The van der Waals surface area contributed by atoms with Crippen molar-refractivity contribution in [2.75, 3.05) is 12.3 Å². The number of thioether (sulfide) groups is 1. The zero-order chi connectivity index (χ0) is 23.8. The summed E-state index contributed by atoms with van der Waals surface area (Å²) in [5.41, 5.74) is 5.40. The fourth-order valence-electron chi connectivity index (χ4n) is 3.48. The maximum absolute atomic E-state index is 12.5. The van der Waals surface area contributed by atoms with Crippen molar-refractivity contribution in [3.8, 4) is 0 Å². The van der Waals surface area contributed by atoms with Crippen LogP contribution >= 0.6 is 11.8 Å². The number of carbonyl (C=O) groups is 5. The number of rotatable bonds is 12. The Morgan fingerprint density at radius 1 is 1.23 bits per heavy atom. The summed E-state index contributed by atoms with van der Waals surface area (Å²) >= 11 is 1.37. The first kappa shape index (κ1) is 26.9. The summed E-state index contributed by atoms with van der Waals surface area (Å²) in [5, 5.41) is 22.4. The van der Waals surface area contributed by atoms with Crippen molar-refractivity contribution in [2.24, 2.45) is 17.6 Å². The lowest BCUT2D eigenvalue weighted by Gasteiger charge is -2.37. The van der Waals surface area contributed by atoms with Crippen LogP contribution in [-0.4, -0.2) is 68.9 Å². The highest BCUT2D eigenvalue weighted by atomic mass is 32.2. The van der Waals surface area contributed by atoms with Gasteiger partial charge in [-0.25, -0.2) is 0 Å². The molecular formula is C20H33N3O7S. The lowest BCUT2D eigenvalue weighted by Crippen LogP contribution is -2.50. The minimum Gasteiger partial charge on any atom is -0.480 e. The lowest BCUT2D eigenvalue weighted by molar-refractivity contribution is -0.139. The van der Waals surface area contributed by atoms with Crippen LogP contribution in [0.15, 0.2) is 0 Å².